The Labute approximate surface area is 438 Å². The van der Waals surface area contributed by atoms with Gasteiger partial charge in [0, 0.05) is 13.0 Å². The third-order valence-corrected chi connectivity index (χ3v) is 14.4. The third-order valence-electron chi connectivity index (χ3n) is 13.4. The number of unbranched alkanes of at least 4 members (excludes halogenated alkanes) is 28. The van der Waals surface area contributed by atoms with Gasteiger partial charge in [0.05, 0.1) is 13.2 Å². The van der Waals surface area contributed by atoms with Crippen molar-refractivity contribution in [3.63, 3.8) is 0 Å². The number of phosphoric acid groups is 1. The van der Waals surface area contributed by atoms with Gasteiger partial charge in [-0.25, -0.2) is 4.57 Å². The van der Waals surface area contributed by atoms with Crippen molar-refractivity contribution in [2.45, 2.75) is 288 Å². The van der Waals surface area contributed by atoms with Crippen LogP contribution in [-0.2, 0) is 27.9 Å². The lowest BCUT2D eigenvalue weighted by Gasteiger charge is -2.41. The quantitative estimate of drug-likeness (QED) is 0.0146. The highest BCUT2D eigenvalue weighted by Crippen LogP contribution is 2.47. The second kappa shape index (κ2) is 48.7. The lowest BCUT2D eigenvalue weighted by molar-refractivity contribution is -0.220. The van der Waals surface area contributed by atoms with Crippen molar-refractivity contribution in [3.05, 3.63) is 60.8 Å². The van der Waals surface area contributed by atoms with E-state index in [1.807, 2.05) is 0 Å². The molecule has 0 bridgehead atoms. The summed E-state index contributed by atoms with van der Waals surface area (Å²) in [5.41, 5.74) is 0. The van der Waals surface area contributed by atoms with Crippen LogP contribution in [0.25, 0.3) is 0 Å². The first-order chi connectivity index (χ1) is 35.0. The predicted molar refractivity (Wildman–Crippen MR) is 295 cm³/mol. The monoisotopic (exact) mass is 1040 g/mol. The largest absolute Gasteiger partial charge is 0.472 e. The Kier molecular flexibility index (Phi) is 46.0. The van der Waals surface area contributed by atoms with Crippen LogP contribution in [0.4, 0.5) is 0 Å². The Hall–Kier alpha value is -1.96. The molecule has 1 aliphatic rings. The fourth-order valence-electron chi connectivity index (χ4n) is 8.86. The molecule has 6 atom stereocenters. The molecule has 6 N–H and O–H groups in total. The molecule has 1 fully saturated rings. The van der Waals surface area contributed by atoms with E-state index >= 15 is 0 Å². The van der Waals surface area contributed by atoms with Crippen LogP contribution in [0.15, 0.2) is 60.8 Å². The summed E-state index contributed by atoms with van der Waals surface area (Å²) in [7, 11) is -5.03. The van der Waals surface area contributed by atoms with E-state index in [0.29, 0.717) is 13.0 Å². The highest BCUT2D eigenvalue weighted by molar-refractivity contribution is 7.47. The number of phosphoric ester groups is 1. The Morgan fingerprint density at radius 3 is 1.25 bits per heavy atom. The minimum atomic E-state index is -5.03. The second-order valence-corrected chi connectivity index (χ2v) is 21.5. The fourth-order valence-corrected chi connectivity index (χ4v) is 9.83. The van der Waals surface area contributed by atoms with Crippen LogP contribution in [0, 0.1) is 0 Å². The Morgan fingerprint density at radius 1 is 0.458 bits per heavy atom. The van der Waals surface area contributed by atoms with Crippen LogP contribution in [0.2, 0.25) is 0 Å². The van der Waals surface area contributed by atoms with Crippen LogP contribution < -0.4 is 0 Å². The van der Waals surface area contributed by atoms with Gasteiger partial charge in [0.1, 0.15) is 42.7 Å². The summed E-state index contributed by atoms with van der Waals surface area (Å²) >= 11 is 0. The average Bonchev–Trinajstić information content (AvgIpc) is 3.37. The lowest BCUT2D eigenvalue weighted by Crippen LogP contribution is -2.64. The van der Waals surface area contributed by atoms with Crippen molar-refractivity contribution in [1.29, 1.82) is 0 Å². The van der Waals surface area contributed by atoms with Gasteiger partial charge in [-0.05, 0) is 57.8 Å². The molecule has 0 aliphatic heterocycles. The van der Waals surface area contributed by atoms with Crippen molar-refractivity contribution in [3.8, 4) is 0 Å². The van der Waals surface area contributed by atoms with Gasteiger partial charge in [-0.15, -0.1) is 0 Å². The molecular weight excluding hydrogens is 932 g/mol. The molecule has 13 heteroatoms. The minimum Gasteiger partial charge on any atom is -0.457 e. The Morgan fingerprint density at radius 2 is 0.819 bits per heavy atom. The first-order valence-corrected chi connectivity index (χ1v) is 30.6. The predicted octanol–water partition coefficient (Wildman–Crippen LogP) is 14.1. The Balaban J connectivity index is 2.29. The lowest BCUT2D eigenvalue weighted by atomic mass is 9.85. The molecule has 0 heterocycles. The zero-order valence-electron chi connectivity index (χ0n) is 45.5. The smallest absolute Gasteiger partial charge is 0.457 e. The van der Waals surface area contributed by atoms with E-state index in [1.54, 1.807) is 0 Å². The summed E-state index contributed by atoms with van der Waals surface area (Å²) in [6, 6.07) is 0. The number of hydrogen-bond acceptors (Lipinski definition) is 11. The highest BCUT2D eigenvalue weighted by Gasteiger charge is 2.51. The minimum absolute atomic E-state index is 0.0866. The molecule has 0 aromatic rings. The van der Waals surface area contributed by atoms with Crippen molar-refractivity contribution in [2.24, 2.45) is 0 Å². The van der Waals surface area contributed by atoms with Crippen LogP contribution in [0.1, 0.15) is 245 Å². The van der Waals surface area contributed by atoms with E-state index in [1.165, 1.54) is 122 Å². The van der Waals surface area contributed by atoms with Gasteiger partial charge in [0.25, 0.3) is 0 Å². The number of ether oxygens (including phenoxy) is 2. The molecule has 0 spiro atoms. The number of hydrogen-bond donors (Lipinski definition) is 6. The summed E-state index contributed by atoms with van der Waals surface area (Å²) < 4.78 is 34.4. The zero-order chi connectivity index (χ0) is 52.6. The normalized spacial score (nSPS) is 21.1. The molecule has 0 amide bonds. The van der Waals surface area contributed by atoms with Gasteiger partial charge in [-0.1, -0.05) is 242 Å². The van der Waals surface area contributed by atoms with E-state index in [9.17, 15) is 39.8 Å². The summed E-state index contributed by atoms with van der Waals surface area (Å²) in [4.78, 5) is 23.3. The number of aliphatic hydroxyl groups excluding tert-OH is 5. The first-order valence-electron chi connectivity index (χ1n) is 29.1. The fraction of sp³-hybridized carbons (Fsp3) is 0.814. The van der Waals surface area contributed by atoms with Gasteiger partial charge in [0.2, 0.25) is 0 Å². The molecule has 1 rings (SSSR count). The first kappa shape index (κ1) is 68.1. The topological polar surface area (TPSA) is 192 Å². The molecular formula is C59H107O12P. The van der Waals surface area contributed by atoms with Gasteiger partial charge in [-0.2, -0.15) is 0 Å². The second-order valence-electron chi connectivity index (χ2n) is 20.1. The van der Waals surface area contributed by atoms with Crippen molar-refractivity contribution in [2.75, 3.05) is 19.8 Å². The Bertz CT molecular complexity index is 1420. The molecule has 0 aromatic heterocycles. The molecule has 72 heavy (non-hydrogen) atoms. The van der Waals surface area contributed by atoms with Gasteiger partial charge in [0.15, 0.2) is 0 Å². The molecule has 6 unspecified atom stereocenters. The number of carbonyl (C=O) groups excluding carboxylic acids is 1. The van der Waals surface area contributed by atoms with Crippen LogP contribution in [-0.4, -0.2) is 98.9 Å². The summed E-state index contributed by atoms with van der Waals surface area (Å²) in [6.45, 7) is 4.16. The molecule has 0 radical (unpaired) electrons. The summed E-state index contributed by atoms with van der Waals surface area (Å²) in [6.07, 6.45) is 51.5. The van der Waals surface area contributed by atoms with Gasteiger partial charge < -0.3 is 39.9 Å². The number of aliphatic hydroxyl groups is 5. The van der Waals surface area contributed by atoms with Gasteiger partial charge >= 0.3 is 13.8 Å². The zero-order valence-corrected chi connectivity index (χ0v) is 46.4. The van der Waals surface area contributed by atoms with Crippen LogP contribution >= 0.6 is 7.82 Å². The maximum Gasteiger partial charge on any atom is 0.472 e. The molecule has 0 aromatic carbocycles. The summed E-state index contributed by atoms with van der Waals surface area (Å²) in [5, 5.41) is 50.4. The molecule has 12 nitrogen and oxygen atoms in total. The SMILES string of the molecule is CC/C=C\C/C=C\C/C=C\C/C=C\C/C=C\CCCCCCCCOCC(COP(=O)(O)OC1C(O)C(O)C(O)C(O)C1O)OC(=O)CCCCCCCCCCCCCCCCCCCCCCCCC. The van der Waals surface area contributed by atoms with Crippen LogP contribution in [0.5, 0.6) is 0 Å². The van der Waals surface area contributed by atoms with Crippen molar-refractivity contribution >= 4 is 13.8 Å². The van der Waals surface area contributed by atoms with E-state index in [0.717, 1.165) is 96.3 Å². The van der Waals surface area contributed by atoms with E-state index < -0.39 is 63.1 Å². The highest BCUT2D eigenvalue weighted by atomic mass is 31.2. The molecule has 420 valence electrons. The van der Waals surface area contributed by atoms with Crippen molar-refractivity contribution in [1.82, 2.24) is 0 Å². The summed E-state index contributed by atoms with van der Waals surface area (Å²) in [5.74, 6) is -0.479. The molecule has 0 saturated heterocycles. The van der Waals surface area contributed by atoms with E-state index in [-0.39, 0.29) is 13.0 Å². The maximum atomic E-state index is 12.9. The van der Waals surface area contributed by atoms with E-state index in [2.05, 4.69) is 74.6 Å². The molecule has 1 aliphatic carbocycles. The number of carbonyl (C=O) groups is 1. The van der Waals surface area contributed by atoms with Crippen molar-refractivity contribution < 1.29 is 58.3 Å². The number of rotatable bonds is 50. The number of esters is 1. The standard InChI is InChI=1S/C59H107O12P/c1-3-5-7-9-11-13-15-17-19-21-23-25-27-28-30-32-34-36-38-40-42-44-46-48-53(60)70-52(51-69-72(66,67)71-59-57(64)55(62)54(61)56(63)58(59)65)50-68-49-47-45-43-41-39-37-35-33-31-29-26-24-22-20-18-16-14-12-10-8-6-4-2/h6,8,12,14,18,20,24,26,31,33,52,54-59,61-65H,3-5,7,9-11,13,15-17,19,21-23,25,27-30,32,34-51H2,1-2H3,(H,66,67)/b8-6-,14-12-,20-18-,26-24-,33-31-. The maximum absolute atomic E-state index is 12.9. The van der Waals surface area contributed by atoms with E-state index in [4.69, 9.17) is 18.5 Å². The van der Waals surface area contributed by atoms with Crippen LogP contribution in [0.3, 0.4) is 0 Å². The third kappa shape index (κ3) is 39.5. The molecule has 1 saturated carbocycles. The van der Waals surface area contributed by atoms with Gasteiger partial charge in [-0.3, -0.25) is 13.8 Å². The average molecular weight is 1040 g/mol. The number of allylic oxidation sites excluding steroid dienone is 10.